The molecule has 1 aliphatic carbocycles. The predicted molar refractivity (Wildman–Crippen MR) is 102 cm³/mol. The first-order chi connectivity index (χ1) is 12.3. The van der Waals surface area contributed by atoms with Crippen molar-refractivity contribution >= 4 is 16.6 Å². The molecule has 2 N–H and O–H groups in total. The quantitative estimate of drug-likeness (QED) is 0.632. The minimum absolute atomic E-state index is 0.321. The molecule has 126 valence electrons. The molecule has 0 saturated carbocycles. The van der Waals surface area contributed by atoms with E-state index in [1.54, 1.807) is 0 Å². The van der Waals surface area contributed by atoms with Crippen molar-refractivity contribution in [2.24, 2.45) is 5.92 Å². The van der Waals surface area contributed by atoms with E-state index in [1.165, 1.54) is 27.7 Å². The first-order valence-corrected chi connectivity index (χ1v) is 9.11. The van der Waals surface area contributed by atoms with E-state index in [1.807, 2.05) is 6.92 Å². The maximum Gasteiger partial charge on any atom is 0.119 e. The van der Waals surface area contributed by atoms with Crippen molar-refractivity contribution < 1.29 is 4.74 Å². The molecule has 2 heterocycles. The van der Waals surface area contributed by atoms with E-state index in [4.69, 9.17) is 4.74 Å². The maximum atomic E-state index is 5.72. The fourth-order valence-corrected chi connectivity index (χ4v) is 4.49. The van der Waals surface area contributed by atoms with E-state index in [0.29, 0.717) is 24.5 Å². The van der Waals surface area contributed by atoms with Crippen LogP contribution in [0.25, 0.3) is 10.9 Å². The van der Waals surface area contributed by atoms with Crippen LogP contribution in [0.2, 0.25) is 0 Å². The van der Waals surface area contributed by atoms with Gasteiger partial charge in [0.05, 0.1) is 12.6 Å². The number of H-pyrrole nitrogens is 1. The molecule has 0 amide bonds. The number of aromatic nitrogens is 1. The zero-order valence-corrected chi connectivity index (χ0v) is 14.3. The minimum atomic E-state index is 0.321. The normalized spacial score (nSPS) is 24.0. The van der Waals surface area contributed by atoms with Crippen LogP contribution in [0.15, 0.2) is 60.8 Å². The average Bonchev–Trinajstić information content (AvgIpc) is 3.29. The van der Waals surface area contributed by atoms with Crippen molar-refractivity contribution in [1.82, 2.24) is 4.98 Å². The first-order valence-electron chi connectivity index (χ1n) is 9.11. The van der Waals surface area contributed by atoms with Crippen LogP contribution in [0.3, 0.4) is 0 Å². The smallest absolute Gasteiger partial charge is 0.119 e. The number of fused-ring (bicyclic) bond motifs is 4. The second-order valence-corrected chi connectivity index (χ2v) is 6.95. The van der Waals surface area contributed by atoms with Gasteiger partial charge in [-0.2, -0.15) is 0 Å². The lowest BCUT2D eigenvalue weighted by molar-refractivity contribution is 0.338. The molecule has 1 aromatic heterocycles. The zero-order valence-electron chi connectivity index (χ0n) is 14.3. The molecular formula is C22H22N2O. The summed E-state index contributed by atoms with van der Waals surface area (Å²) in [7, 11) is 0. The van der Waals surface area contributed by atoms with Crippen molar-refractivity contribution in [3.05, 3.63) is 71.9 Å². The number of nitrogens with one attached hydrogen (secondary N) is 2. The van der Waals surface area contributed by atoms with Crippen molar-refractivity contribution in [2.45, 2.75) is 25.3 Å². The molecule has 3 atom stereocenters. The molecule has 5 rings (SSSR count). The fraction of sp³-hybridized carbons (Fsp3) is 0.273. The van der Waals surface area contributed by atoms with Gasteiger partial charge in [-0.25, -0.2) is 0 Å². The summed E-state index contributed by atoms with van der Waals surface area (Å²) in [4.78, 5) is 3.43. The summed E-state index contributed by atoms with van der Waals surface area (Å²) >= 11 is 0. The number of rotatable bonds is 3. The molecule has 0 saturated heterocycles. The van der Waals surface area contributed by atoms with Gasteiger partial charge < -0.3 is 15.0 Å². The van der Waals surface area contributed by atoms with Gasteiger partial charge in [-0.15, -0.1) is 0 Å². The molecule has 2 aliphatic rings. The molecule has 0 bridgehead atoms. The molecule has 1 aliphatic heterocycles. The average molecular weight is 330 g/mol. The number of hydrogen-bond acceptors (Lipinski definition) is 2. The van der Waals surface area contributed by atoms with Crippen LogP contribution in [0.4, 0.5) is 5.69 Å². The SMILES string of the molecule is CCOc1ccc2c(c1)C1C=CCC1C(c1c[nH]c3ccccc13)N2. The highest BCUT2D eigenvalue weighted by molar-refractivity contribution is 5.84. The van der Waals surface area contributed by atoms with E-state index in [0.717, 1.165) is 12.2 Å². The Morgan fingerprint density at radius 1 is 1.12 bits per heavy atom. The predicted octanol–water partition coefficient (Wildman–Crippen LogP) is 5.39. The summed E-state index contributed by atoms with van der Waals surface area (Å²) in [6.07, 6.45) is 8.00. The zero-order chi connectivity index (χ0) is 16.8. The van der Waals surface area contributed by atoms with Crippen LogP contribution in [0.1, 0.15) is 36.4 Å². The van der Waals surface area contributed by atoms with Gasteiger partial charge in [0.1, 0.15) is 5.75 Å². The first kappa shape index (κ1) is 14.6. The van der Waals surface area contributed by atoms with Gasteiger partial charge in [-0.1, -0.05) is 30.4 Å². The second kappa shape index (κ2) is 5.69. The largest absolute Gasteiger partial charge is 0.494 e. The highest BCUT2D eigenvalue weighted by Crippen LogP contribution is 2.51. The van der Waals surface area contributed by atoms with Crippen molar-refractivity contribution in [1.29, 1.82) is 0 Å². The Kier molecular flexibility index (Phi) is 3.34. The molecule has 0 radical (unpaired) electrons. The summed E-state index contributed by atoms with van der Waals surface area (Å²) in [5, 5.41) is 5.14. The molecule has 3 heteroatoms. The lowest BCUT2D eigenvalue weighted by Crippen LogP contribution is -2.28. The van der Waals surface area contributed by atoms with Gasteiger partial charge in [0.15, 0.2) is 0 Å². The molecule has 2 aromatic carbocycles. The highest BCUT2D eigenvalue weighted by Gasteiger charge is 2.38. The lowest BCUT2D eigenvalue weighted by Gasteiger charge is -2.37. The third-order valence-corrected chi connectivity index (χ3v) is 5.60. The molecule has 3 aromatic rings. The number of para-hydroxylation sites is 1. The Morgan fingerprint density at radius 2 is 2.04 bits per heavy atom. The third-order valence-electron chi connectivity index (χ3n) is 5.60. The van der Waals surface area contributed by atoms with Crippen LogP contribution >= 0.6 is 0 Å². The standard InChI is InChI=1S/C22H22N2O/c1-2-25-14-10-11-21-18(12-14)15-7-5-8-17(15)22(24-21)19-13-23-20-9-4-3-6-16(19)20/h3-7,9-13,15,17,22-24H,2,8H2,1H3. The monoisotopic (exact) mass is 330 g/mol. The number of ether oxygens (including phenoxy) is 1. The van der Waals surface area contributed by atoms with Crippen LogP contribution in [0, 0.1) is 5.92 Å². The Bertz CT molecular complexity index is 956. The molecule has 0 spiro atoms. The van der Waals surface area contributed by atoms with Gasteiger partial charge in [0, 0.05) is 28.7 Å². The van der Waals surface area contributed by atoms with Crippen molar-refractivity contribution in [3.8, 4) is 5.75 Å². The number of benzene rings is 2. The Labute approximate surface area is 147 Å². The second-order valence-electron chi connectivity index (χ2n) is 6.95. The Morgan fingerprint density at radius 3 is 2.96 bits per heavy atom. The van der Waals surface area contributed by atoms with Gasteiger partial charge >= 0.3 is 0 Å². The number of allylic oxidation sites excluding steroid dienone is 2. The van der Waals surface area contributed by atoms with E-state index >= 15 is 0 Å². The molecule has 0 fully saturated rings. The fourth-order valence-electron chi connectivity index (χ4n) is 4.49. The number of anilines is 1. The van der Waals surface area contributed by atoms with E-state index in [-0.39, 0.29) is 0 Å². The topological polar surface area (TPSA) is 37.0 Å². The Hall–Kier alpha value is -2.68. The summed E-state index contributed by atoms with van der Waals surface area (Å²) in [6.45, 7) is 2.73. The van der Waals surface area contributed by atoms with Crippen LogP contribution < -0.4 is 10.1 Å². The summed E-state index contributed by atoms with van der Waals surface area (Å²) in [6, 6.07) is 15.3. The number of aromatic amines is 1. The third kappa shape index (κ3) is 2.26. The molecule has 3 nitrogen and oxygen atoms in total. The number of hydrogen-bond donors (Lipinski definition) is 2. The van der Waals surface area contributed by atoms with Gasteiger partial charge in [0.25, 0.3) is 0 Å². The molecule has 25 heavy (non-hydrogen) atoms. The highest BCUT2D eigenvalue weighted by atomic mass is 16.5. The van der Waals surface area contributed by atoms with Crippen LogP contribution in [-0.2, 0) is 0 Å². The van der Waals surface area contributed by atoms with E-state index < -0.39 is 0 Å². The summed E-state index contributed by atoms with van der Waals surface area (Å²) < 4.78 is 5.72. The lowest BCUT2D eigenvalue weighted by atomic mass is 9.77. The van der Waals surface area contributed by atoms with Gasteiger partial charge in [0.2, 0.25) is 0 Å². The van der Waals surface area contributed by atoms with Crippen LogP contribution in [0.5, 0.6) is 5.75 Å². The van der Waals surface area contributed by atoms with Crippen molar-refractivity contribution in [3.63, 3.8) is 0 Å². The van der Waals surface area contributed by atoms with E-state index in [9.17, 15) is 0 Å². The van der Waals surface area contributed by atoms with Crippen LogP contribution in [-0.4, -0.2) is 11.6 Å². The van der Waals surface area contributed by atoms with Crippen molar-refractivity contribution in [2.75, 3.05) is 11.9 Å². The summed E-state index contributed by atoms with van der Waals surface area (Å²) in [5.41, 5.74) is 5.17. The summed E-state index contributed by atoms with van der Waals surface area (Å²) in [5.74, 6) is 1.96. The minimum Gasteiger partial charge on any atom is -0.494 e. The van der Waals surface area contributed by atoms with Gasteiger partial charge in [-0.3, -0.25) is 0 Å². The van der Waals surface area contributed by atoms with E-state index in [2.05, 4.69) is 71.1 Å². The molecule has 3 unspecified atom stereocenters. The molecular weight excluding hydrogens is 308 g/mol. The Balaban J connectivity index is 1.60. The van der Waals surface area contributed by atoms with Gasteiger partial charge in [-0.05, 0) is 54.7 Å². The maximum absolute atomic E-state index is 5.72.